The van der Waals surface area contributed by atoms with Crippen molar-refractivity contribution in [3.8, 4) is 0 Å². The lowest BCUT2D eigenvalue weighted by molar-refractivity contribution is -0.136. The van der Waals surface area contributed by atoms with Gasteiger partial charge in [0, 0.05) is 45.1 Å². The number of piperidine rings is 1. The maximum absolute atomic E-state index is 12.5. The van der Waals surface area contributed by atoms with Crippen LogP contribution in [-0.4, -0.2) is 58.0 Å². The fourth-order valence-corrected chi connectivity index (χ4v) is 3.43. The largest absolute Gasteiger partial charge is 0.342 e. The quantitative estimate of drug-likeness (QED) is 0.879. The lowest BCUT2D eigenvalue weighted by Gasteiger charge is -2.33. The summed E-state index contributed by atoms with van der Waals surface area (Å²) in [6.07, 6.45) is 7.83. The van der Waals surface area contributed by atoms with Crippen molar-refractivity contribution in [2.24, 2.45) is 5.92 Å². The van der Waals surface area contributed by atoms with Crippen LogP contribution in [0.3, 0.4) is 0 Å². The van der Waals surface area contributed by atoms with Crippen LogP contribution in [0.25, 0.3) is 0 Å². The molecule has 0 radical (unpaired) electrons. The van der Waals surface area contributed by atoms with Crippen LogP contribution in [0, 0.1) is 5.92 Å². The zero-order chi connectivity index (χ0) is 14.7. The highest BCUT2D eigenvalue weighted by molar-refractivity contribution is 5.79. The zero-order valence-corrected chi connectivity index (χ0v) is 12.5. The minimum absolute atomic E-state index is 0.0586. The Kier molecular flexibility index (Phi) is 4.43. The Bertz CT molecular complexity index is 530. The van der Waals surface area contributed by atoms with E-state index >= 15 is 0 Å². The molecule has 1 unspecified atom stereocenters. The second kappa shape index (κ2) is 6.47. The van der Waals surface area contributed by atoms with Gasteiger partial charge in [-0.05, 0) is 32.2 Å². The highest BCUT2D eigenvalue weighted by atomic mass is 16.2. The van der Waals surface area contributed by atoms with Crippen LogP contribution < -0.4 is 5.69 Å². The molecule has 0 saturated carbocycles. The van der Waals surface area contributed by atoms with Gasteiger partial charge in [-0.25, -0.2) is 4.79 Å². The molecule has 2 fully saturated rings. The third-order valence-electron chi connectivity index (χ3n) is 4.65. The van der Waals surface area contributed by atoms with Crippen LogP contribution in [0.5, 0.6) is 0 Å². The van der Waals surface area contributed by atoms with Crippen LogP contribution in [0.15, 0.2) is 17.2 Å². The van der Waals surface area contributed by atoms with Gasteiger partial charge in [0.2, 0.25) is 5.91 Å². The molecule has 0 spiro atoms. The van der Waals surface area contributed by atoms with E-state index in [2.05, 4.69) is 9.88 Å². The Morgan fingerprint density at radius 3 is 2.71 bits per heavy atom. The van der Waals surface area contributed by atoms with Crippen LogP contribution in [0.4, 0.5) is 0 Å². The SMILES string of the molecule is O=C(C1CCCN(CCn2cc[nH]c2=O)C1)N1CCCC1. The number of hydrogen-bond acceptors (Lipinski definition) is 3. The van der Waals surface area contributed by atoms with Crippen LogP contribution in [0.1, 0.15) is 25.7 Å². The van der Waals surface area contributed by atoms with Gasteiger partial charge in [-0.3, -0.25) is 9.36 Å². The topological polar surface area (TPSA) is 61.3 Å². The van der Waals surface area contributed by atoms with Gasteiger partial charge in [-0.1, -0.05) is 0 Å². The van der Waals surface area contributed by atoms with Gasteiger partial charge in [0.25, 0.3) is 0 Å². The normalized spacial score (nSPS) is 23.6. The molecule has 6 nitrogen and oxygen atoms in total. The first-order valence-corrected chi connectivity index (χ1v) is 7.99. The molecule has 1 aromatic rings. The van der Waals surface area contributed by atoms with Crippen LogP contribution in [0.2, 0.25) is 0 Å². The number of aromatic nitrogens is 2. The molecule has 3 rings (SSSR count). The minimum Gasteiger partial charge on any atom is -0.342 e. The summed E-state index contributed by atoms with van der Waals surface area (Å²) in [7, 11) is 0. The van der Waals surface area contributed by atoms with Crippen molar-refractivity contribution in [1.29, 1.82) is 0 Å². The summed E-state index contributed by atoms with van der Waals surface area (Å²) in [6, 6.07) is 0. The second-order valence-corrected chi connectivity index (χ2v) is 6.13. The standard InChI is InChI=1S/C15H24N4O2/c20-14(18-7-1-2-8-18)13-4-3-6-17(12-13)10-11-19-9-5-16-15(19)21/h5,9,13H,1-4,6-8,10-12H2,(H,16,21). The van der Waals surface area contributed by atoms with Crippen LogP contribution >= 0.6 is 0 Å². The average molecular weight is 292 g/mol. The number of likely N-dealkylation sites (tertiary alicyclic amines) is 2. The lowest BCUT2D eigenvalue weighted by atomic mass is 9.96. The third kappa shape index (κ3) is 3.37. The Labute approximate surface area is 124 Å². The van der Waals surface area contributed by atoms with E-state index < -0.39 is 0 Å². The summed E-state index contributed by atoms with van der Waals surface area (Å²) in [5.41, 5.74) is -0.0586. The first-order chi connectivity index (χ1) is 10.2. The molecule has 0 aliphatic carbocycles. The number of imidazole rings is 1. The van der Waals surface area contributed by atoms with Crippen molar-refractivity contribution in [3.63, 3.8) is 0 Å². The second-order valence-electron chi connectivity index (χ2n) is 6.13. The molecule has 6 heteroatoms. The minimum atomic E-state index is -0.0586. The highest BCUT2D eigenvalue weighted by Gasteiger charge is 2.30. The number of H-pyrrole nitrogens is 1. The highest BCUT2D eigenvalue weighted by Crippen LogP contribution is 2.21. The Morgan fingerprint density at radius 2 is 2.00 bits per heavy atom. The molecular weight excluding hydrogens is 268 g/mol. The predicted molar refractivity (Wildman–Crippen MR) is 80.0 cm³/mol. The number of carbonyl (C=O) groups excluding carboxylic acids is 1. The van der Waals surface area contributed by atoms with E-state index in [4.69, 9.17) is 0 Å². The first-order valence-electron chi connectivity index (χ1n) is 7.99. The Hall–Kier alpha value is -1.56. The Morgan fingerprint density at radius 1 is 1.19 bits per heavy atom. The molecule has 0 bridgehead atoms. The van der Waals surface area contributed by atoms with Gasteiger partial charge in [0.05, 0.1) is 5.92 Å². The Balaban J connectivity index is 1.52. The fraction of sp³-hybridized carbons (Fsp3) is 0.733. The van der Waals surface area contributed by atoms with Crippen molar-refractivity contribution >= 4 is 5.91 Å². The molecule has 2 aliphatic rings. The smallest absolute Gasteiger partial charge is 0.325 e. The molecule has 2 saturated heterocycles. The molecule has 2 aliphatic heterocycles. The van der Waals surface area contributed by atoms with Crippen molar-refractivity contribution in [3.05, 3.63) is 22.9 Å². The molecule has 1 atom stereocenters. The molecule has 0 aromatic carbocycles. The lowest BCUT2D eigenvalue weighted by Crippen LogP contribution is -2.45. The summed E-state index contributed by atoms with van der Waals surface area (Å²) in [5, 5.41) is 0. The molecule has 1 amide bonds. The number of nitrogens with zero attached hydrogens (tertiary/aromatic N) is 3. The fourth-order valence-electron chi connectivity index (χ4n) is 3.43. The van der Waals surface area contributed by atoms with Gasteiger partial charge in [0.1, 0.15) is 0 Å². The van der Waals surface area contributed by atoms with E-state index in [1.807, 2.05) is 4.90 Å². The van der Waals surface area contributed by atoms with Crippen molar-refractivity contribution in [2.75, 3.05) is 32.7 Å². The maximum Gasteiger partial charge on any atom is 0.325 e. The van der Waals surface area contributed by atoms with Gasteiger partial charge in [0.15, 0.2) is 0 Å². The number of hydrogen-bond donors (Lipinski definition) is 1. The van der Waals surface area contributed by atoms with Gasteiger partial charge in [-0.2, -0.15) is 0 Å². The van der Waals surface area contributed by atoms with E-state index in [1.165, 1.54) is 0 Å². The van der Waals surface area contributed by atoms with Crippen LogP contribution in [-0.2, 0) is 11.3 Å². The van der Waals surface area contributed by atoms with E-state index in [0.717, 1.165) is 58.4 Å². The zero-order valence-electron chi connectivity index (χ0n) is 12.5. The summed E-state index contributed by atoms with van der Waals surface area (Å²) < 4.78 is 1.69. The van der Waals surface area contributed by atoms with Gasteiger partial charge >= 0.3 is 5.69 Å². The summed E-state index contributed by atoms with van der Waals surface area (Å²) in [6.45, 7) is 5.27. The van der Waals surface area contributed by atoms with Crippen molar-refractivity contribution in [2.45, 2.75) is 32.2 Å². The molecule has 1 aromatic heterocycles. The van der Waals surface area contributed by atoms with Gasteiger partial charge < -0.3 is 14.8 Å². The van der Waals surface area contributed by atoms with Gasteiger partial charge in [-0.15, -0.1) is 0 Å². The number of carbonyl (C=O) groups is 1. The maximum atomic E-state index is 12.5. The number of rotatable bonds is 4. The van der Waals surface area contributed by atoms with E-state index in [-0.39, 0.29) is 11.6 Å². The molecule has 3 heterocycles. The van der Waals surface area contributed by atoms with Crippen molar-refractivity contribution in [1.82, 2.24) is 19.4 Å². The van der Waals surface area contributed by atoms with Crippen molar-refractivity contribution < 1.29 is 4.79 Å². The average Bonchev–Trinajstić information content (AvgIpc) is 3.16. The van der Waals surface area contributed by atoms with E-state index in [9.17, 15) is 9.59 Å². The predicted octanol–water partition coefficient (Wildman–Crippen LogP) is 0.511. The number of nitrogens with one attached hydrogen (secondary N) is 1. The molecule has 21 heavy (non-hydrogen) atoms. The first kappa shape index (κ1) is 14.4. The summed E-state index contributed by atoms with van der Waals surface area (Å²) in [5.74, 6) is 0.496. The van der Waals surface area contributed by atoms with E-state index in [0.29, 0.717) is 12.5 Å². The number of aromatic amines is 1. The number of amides is 1. The van der Waals surface area contributed by atoms with E-state index in [1.54, 1.807) is 17.0 Å². The molecule has 116 valence electrons. The molecule has 1 N–H and O–H groups in total. The summed E-state index contributed by atoms with van der Waals surface area (Å²) in [4.78, 5) is 30.9. The summed E-state index contributed by atoms with van der Waals surface area (Å²) >= 11 is 0. The third-order valence-corrected chi connectivity index (χ3v) is 4.65. The molecular formula is C15H24N4O2. The monoisotopic (exact) mass is 292 g/mol.